The van der Waals surface area contributed by atoms with Gasteiger partial charge in [-0.1, -0.05) is 12.1 Å². The number of anilines is 5. The van der Waals surface area contributed by atoms with Crippen LogP contribution in [0.3, 0.4) is 0 Å². The van der Waals surface area contributed by atoms with Gasteiger partial charge in [0.1, 0.15) is 0 Å². The van der Waals surface area contributed by atoms with Crippen molar-refractivity contribution in [3.8, 4) is 17.2 Å². The van der Waals surface area contributed by atoms with Crippen molar-refractivity contribution in [1.29, 1.82) is 0 Å². The summed E-state index contributed by atoms with van der Waals surface area (Å²) < 4.78 is 53.2. The number of rotatable bonds is 9. The molecule has 1 heterocycles. The Hall–Kier alpha value is -3.64. The van der Waals surface area contributed by atoms with Crippen molar-refractivity contribution < 1.29 is 27.4 Å². The summed E-state index contributed by atoms with van der Waals surface area (Å²) in [4.78, 5) is 8.14. The topological polar surface area (TPSA) is 127 Å². The van der Waals surface area contributed by atoms with Gasteiger partial charge >= 0.3 is 0 Å². The van der Waals surface area contributed by atoms with Gasteiger partial charge in [-0.2, -0.15) is 4.98 Å². The molecule has 3 aromatic rings. The van der Waals surface area contributed by atoms with Crippen LogP contribution >= 0.6 is 0 Å². The third kappa shape index (κ3) is 5.15. The molecule has 0 fully saturated rings. The summed E-state index contributed by atoms with van der Waals surface area (Å²) in [6.07, 6.45) is 1.00. The minimum Gasteiger partial charge on any atom is -0.493 e. The number of benzene rings is 2. The van der Waals surface area contributed by atoms with E-state index in [1.807, 2.05) is 0 Å². The zero-order valence-corrected chi connectivity index (χ0v) is 18.5. The highest BCUT2D eigenvalue weighted by molar-refractivity contribution is 7.80. The summed E-state index contributed by atoms with van der Waals surface area (Å²) in [5, 5.41) is 5.80. The molecule has 1 atom stereocenters. The maximum absolute atomic E-state index is 14.4. The van der Waals surface area contributed by atoms with Crippen LogP contribution in [0, 0.1) is 12.7 Å². The molecule has 4 N–H and O–H groups in total. The van der Waals surface area contributed by atoms with Crippen LogP contribution in [0.1, 0.15) is 5.56 Å². The Morgan fingerprint density at radius 2 is 1.75 bits per heavy atom. The van der Waals surface area contributed by atoms with E-state index < -0.39 is 17.1 Å². The first-order valence-electron chi connectivity index (χ1n) is 9.20. The van der Waals surface area contributed by atoms with Gasteiger partial charge in [0.25, 0.3) is 11.3 Å². The van der Waals surface area contributed by atoms with E-state index >= 15 is 0 Å². The fourth-order valence-electron chi connectivity index (χ4n) is 2.92. The van der Waals surface area contributed by atoms with Gasteiger partial charge in [0.05, 0.1) is 38.9 Å². The molecule has 0 bridgehead atoms. The molecule has 32 heavy (non-hydrogen) atoms. The first-order chi connectivity index (χ1) is 15.4. The zero-order valence-electron chi connectivity index (χ0n) is 17.7. The van der Waals surface area contributed by atoms with Crippen molar-refractivity contribution in [1.82, 2.24) is 9.97 Å². The summed E-state index contributed by atoms with van der Waals surface area (Å²) in [5.74, 6) is 0.509. The monoisotopic (exact) mass is 463 g/mol. The van der Waals surface area contributed by atoms with Gasteiger partial charge < -0.3 is 24.8 Å². The lowest BCUT2D eigenvalue weighted by atomic mass is 10.2. The third-order valence-corrected chi connectivity index (χ3v) is 4.76. The Bertz CT molecular complexity index is 1120. The van der Waals surface area contributed by atoms with E-state index in [0.29, 0.717) is 39.9 Å². The van der Waals surface area contributed by atoms with Gasteiger partial charge in [-0.3, -0.25) is 9.27 Å². The molecule has 3 rings (SSSR count). The summed E-state index contributed by atoms with van der Waals surface area (Å²) in [6, 6.07) is 8.39. The van der Waals surface area contributed by atoms with Crippen molar-refractivity contribution >= 4 is 40.1 Å². The molecule has 0 radical (unpaired) electrons. The highest BCUT2D eigenvalue weighted by Gasteiger charge is 2.16. The number of methoxy groups -OCH3 is 3. The van der Waals surface area contributed by atoms with Gasteiger partial charge in [0, 0.05) is 17.8 Å². The largest absolute Gasteiger partial charge is 0.493 e. The Labute approximate surface area is 186 Å². The fraction of sp³-hybridized carbons (Fsp3) is 0.200. The molecule has 0 amide bonds. The number of ether oxygens (including phenoxy) is 3. The molecule has 0 aliphatic carbocycles. The predicted molar refractivity (Wildman–Crippen MR) is 120 cm³/mol. The standard InChI is InChI=1S/C20H22FN5O5S/c1-11-6-5-7-14(17(11)26-32(27)28)24-19-13(21)10-22-20(25-19)23-12-8-15(29-2)18(31-4)16(9-12)30-3/h5-10,26H,1-4H3,(H,27,28)(H2,22,23,24,25). The lowest BCUT2D eigenvalue weighted by molar-refractivity contribution is 0.324. The zero-order chi connectivity index (χ0) is 23.3. The molecule has 170 valence electrons. The van der Waals surface area contributed by atoms with Crippen molar-refractivity contribution in [3.05, 3.63) is 47.9 Å². The van der Waals surface area contributed by atoms with Crippen molar-refractivity contribution in [3.63, 3.8) is 0 Å². The minimum atomic E-state index is -2.30. The smallest absolute Gasteiger partial charge is 0.259 e. The number of hydrogen-bond acceptors (Lipinski definition) is 8. The summed E-state index contributed by atoms with van der Waals surface area (Å²) in [6.45, 7) is 1.74. The van der Waals surface area contributed by atoms with Crippen molar-refractivity contribution in [2.45, 2.75) is 6.92 Å². The van der Waals surface area contributed by atoms with Crippen LogP contribution in [0.4, 0.5) is 33.2 Å². The number of aryl methyl sites for hydroxylation is 1. The molecule has 0 spiro atoms. The van der Waals surface area contributed by atoms with E-state index in [4.69, 9.17) is 14.2 Å². The fourth-order valence-corrected chi connectivity index (χ4v) is 3.37. The maximum Gasteiger partial charge on any atom is 0.259 e. The summed E-state index contributed by atoms with van der Waals surface area (Å²) in [5.41, 5.74) is 1.91. The van der Waals surface area contributed by atoms with Crippen molar-refractivity contribution in [2.75, 3.05) is 36.7 Å². The first kappa shape index (κ1) is 23.0. The maximum atomic E-state index is 14.4. The lowest BCUT2D eigenvalue weighted by Crippen LogP contribution is -2.08. The number of hydrogen-bond donors (Lipinski definition) is 4. The molecular weight excluding hydrogens is 441 g/mol. The highest BCUT2D eigenvalue weighted by Crippen LogP contribution is 2.40. The molecule has 12 heteroatoms. The molecule has 0 saturated carbocycles. The Balaban J connectivity index is 1.93. The van der Waals surface area contributed by atoms with Crippen molar-refractivity contribution in [2.24, 2.45) is 0 Å². The molecular formula is C20H22FN5O5S. The van der Waals surface area contributed by atoms with E-state index in [1.54, 1.807) is 37.3 Å². The van der Waals surface area contributed by atoms with E-state index in [0.717, 1.165) is 6.20 Å². The number of nitrogens with zero attached hydrogens (tertiary/aromatic N) is 2. The van der Waals surface area contributed by atoms with E-state index in [9.17, 15) is 13.2 Å². The number of aromatic nitrogens is 2. The average molecular weight is 463 g/mol. The molecule has 1 unspecified atom stereocenters. The molecule has 10 nitrogen and oxygen atoms in total. The molecule has 2 aromatic carbocycles. The molecule has 1 aromatic heterocycles. The van der Waals surface area contributed by atoms with Gasteiger partial charge in [-0.25, -0.2) is 13.6 Å². The van der Waals surface area contributed by atoms with E-state index in [-0.39, 0.29) is 11.8 Å². The Morgan fingerprint density at radius 3 is 2.34 bits per heavy atom. The SMILES string of the molecule is COc1cc(Nc2ncc(F)c(Nc3cccc(C)c3NS(=O)O)n2)cc(OC)c1OC. The highest BCUT2D eigenvalue weighted by atomic mass is 32.2. The average Bonchev–Trinajstić information content (AvgIpc) is 2.77. The van der Waals surface area contributed by atoms with Gasteiger partial charge in [0.2, 0.25) is 11.7 Å². The van der Waals surface area contributed by atoms with Gasteiger partial charge in [-0.05, 0) is 18.6 Å². The van der Waals surface area contributed by atoms with Crippen LogP contribution < -0.4 is 29.6 Å². The second-order valence-corrected chi connectivity index (χ2v) is 7.11. The predicted octanol–water partition coefficient (Wildman–Crippen LogP) is 3.99. The summed E-state index contributed by atoms with van der Waals surface area (Å²) >= 11 is -2.30. The number of nitrogens with one attached hydrogen (secondary N) is 3. The third-order valence-electron chi connectivity index (χ3n) is 4.38. The second-order valence-electron chi connectivity index (χ2n) is 6.40. The number of halogens is 1. The van der Waals surface area contributed by atoms with Crippen LogP contribution in [0.25, 0.3) is 0 Å². The van der Waals surface area contributed by atoms with E-state index in [1.165, 1.54) is 21.3 Å². The number of para-hydroxylation sites is 1. The lowest BCUT2D eigenvalue weighted by Gasteiger charge is -2.16. The minimum absolute atomic E-state index is 0.0936. The molecule has 0 aliphatic rings. The van der Waals surface area contributed by atoms with Crippen LogP contribution in [0.15, 0.2) is 36.5 Å². The molecule has 0 aliphatic heterocycles. The van der Waals surface area contributed by atoms with Gasteiger partial charge in [-0.15, -0.1) is 0 Å². The van der Waals surface area contributed by atoms with Gasteiger partial charge in [0.15, 0.2) is 23.1 Å². The Morgan fingerprint density at radius 1 is 1.06 bits per heavy atom. The Kier molecular flexibility index (Phi) is 7.28. The normalized spacial score (nSPS) is 11.4. The van der Waals surface area contributed by atoms with Crippen LogP contribution in [-0.4, -0.2) is 40.1 Å². The second kappa shape index (κ2) is 10.1. The van der Waals surface area contributed by atoms with Crippen LogP contribution in [-0.2, 0) is 11.3 Å². The molecule has 0 saturated heterocycles. The van der Waals surface area contributed by atoms with E-state index in [2.05, 4.69) is 25.3 Å². The first-order valence-corrected chi connectivity index (χ1v) is 10.3. The van der Waals surface area contributed by atoms with Crippen LogP contribution in [0.2, 0.25) is 0 Å². The van der Waals surface area contributed by atoms with Crippen LogP contribution in [0.5, 0.6) is 17.2 Å². The quantitative estimate of drug-likeness (QED) is 0.348. The summed E-state index contributed by atoms with van der Waals surface area (Å²) in [7, 11) is 4.48.